The predicted molar refractivity (Wildman–Crippen MR) is 83.3 cm³/mol. The maximum Gasteiger partial charge on any atom is 0.120 e. The van der Waals surface area contributed by atoms with E-state index in [-0.39, 0.29) is 0 Å². The third-order valence-corrected chi connectivity index (χ3v) is 4.74. The minimum absolute atomic E-state index is 0.404. The number of aromatic hydroxyl groups is 1. The lowest BCUT2D eigenvalue weighted by Gasteiger charge is -2.38. The highest BCUT2D eigenvalue weighted by molar-refractivity contribution is 9.10. The second-order valence-corrected chi connectivity index (χ2v) is 7.61. The van der Waals surface area contributed by atoms with Crippen LogP contribution in [0.1, 0.15) is 39.2 Å². The van der Waals surface area contributed by atoms with E-state index in [0.29, 0.717) is 11.2 Å². The fourth-order valence-electron chi connectivity index (χ4n) is 2.88. The number of benzene rings is 1. The van der Waals surface area contributed by atoms with Crippen LogP contribution >= 0.6 is 15.9 Å². The topological polar surface area (TPSA) is 23.5 Å². The van der Waals surface area contributed by atoms with Gasteiger partial charge in [-0.25, -0.2) is 0 Å². The fraction of sp³-hybridized carbons (Fsp3) is 0.625. The highest BCUT2D eigenvalue weighted by atomic mass is 79.9. The summed E-state index contributed by atoms with van der Waals surface area (Å²) in [6.45, 7) is 10.1. The molecule has 1 aliphatic rings. The largest absolute Gasteiger partial charge is 0.508 e. The Morgan fingerprint density at radius 2 is 1.89 bits per heavy atom. The first-order valence-corrected chi connectivity index (χ1v) is 7.85. The first kappa shape index (κ1) is 14.9. The molecule has 1 heterocycles. The van der Waals surface area contributed by atoms with E-state index in [1.165, 1.54) is 12.8 Å². The molecule has 1 fully saturated rings. The molecular weight excluding hydrogens is 302 g/mol. The first-order chi connectivity index (χ1) is 8.86. The van der Waals surface area contributed by atoms with Crippen molar-refractivity contribution in [3.63, 3.8) is 0 Å². The summed E-state index contributed by atoms with van der Waals surface area (Å²) >= 11 is 3.47. The molecule has 2 nitrogen and oxygen atoms in total. The van der Waals surface area contributed by atoms with Gasteiger partial charge < -0.3 is 5.11 Å². The molecule has 106 valence electrons. The molecule has 0 bridgehead atoms. The Labute approximate surface area is 124 Å². The zero-order valence-corrected chi connectivity index (χ0v) is 13.7. The molecule has 0 aromatic heterocycles. The van der Waals surface area contributed by atoms with Crippen molar-refractivity contribution in [1.82, 2.24) is 4.90 Å². The molecule has 0 radical (unpaired) electrons. The summed E-state index contributed by atoms with van der Waals surface area (Å²) in [4.78, 5) is 2.45. The summed E-state index contributed by atoms with van der Waals surface area (Å²) in [6, 6.07) is 5.66. The van der Waals surface area contributed by atoms with E-state index in [2.05, 4.69) is 41.6 Å². The Hall–Kier alpha value is -0.540. The summed E-state index contributed by atoms with van der Waals surface area (Å²) in [5.41, 5.74) is 1.44. The van der Waals surface area contributed by atoms with Gasteiger partial charge in [0.15, 0.2) is 0 Å². The summed E-state index contributed by atoms with van der Waals surface area (Å²) < 4.78 is 1.03. The van der Waals surface area contributed by atoms with E-state index in [9.17, 15) is 5.11 Å². The highest BCUT2D eigenvalue weighted by Gasteiger charge is 2.28. The highest BCUT2D eigenvalue weighted by Crippen LogP contribution is 2.35. The third kappa shape index (κ3) is 3.96. The number of nitrogens with zero attached hydrogens (tertiary/aromatic N) is 1. The Kier molecular flexibility index (Phi) is 4.57. The average molecular weight is 326 g/mol. The molecule has 1 aliphatic heterocycles. The van der Waals surface area contributed by atoms with Gasteiger partial charge in [0.25, 0.3) is 0 Å². The second kappa shape index (κ2) is 5.84. The summed E-state index contributed by atoms with van der Waals surface area (Å²) in [5, 5.41) is 9.90. The van der Waals surface area contributed by atoms with Crippen molar-refractivity contribution >= 4 is 15.9 Å². The van der Waals surface area contributed by atoms with Gasteiger partial charge >= 0.3 is 0 Å². The van der Waals surface area contributed by atoms with Gasteiger partial charge in [0.1, 0.15) is 5.75 Å². The second-order valence-electron chi connectivity index (χ2n) is 6.69. The van der Waals surface area contributed by atoms with Gasteiger partial charge in [-0.15, -0.1) is 0 Å². The Balaban J connectivity index is 1.94. The standard InChI is InChI=1S/C16H24BrNO/c1-16(2,3)13-6-8-18(9-7-13)11-12-10-14(17)4-5-15(12)19/h4-5,10,13,19H,6-9,11H2,1-3H3. The Morgan fingerprint density at radius 1 is 1.26 bits per heavy atom. The van der Waals surface area contributed by atoms with Crippen LogP contribution in [0, 0.1) is 11.3 Å². The number of phenols is 1. The molecule has 1 aromatic carbocycles. The van der Waals surface area contributed by atoms with Gasteiger partial charge in [0.2, 0.25) is 0 Å². The van der Waals surface area contributed by atoms with Gasteiger partial charge in [0, 0.05) is 16.6 Å². The maximum absolute atomic E-state index is 9.90. The number of likely N-dealkylation sites (tertiary alicyclic amines) is 1. The summed E-state index contributed by atoms with van der Waals surface area (Å²) in [5.74, 6) is 1.22. The Bertz CT molecular complexity index is 431. The lowest BCUT2D eigenvalue weighted by atomic mass is 9.75. The van der Waals surface area contributed by atoms with E-state index in [0.717, 1.165) is 35.6 Å². The molecule has 1 aromatic rings. The third-order valence-electron chi connectivity index (χ3n) is 4.25. The molecule has 0 saturated carbocycles. The molecule has 0 unspecified atom stereocenters. The van der Waals surface area contributed by atoms with Gasteiger partial charge in [-0.2, -0.15) is 0 Å². The normalized spacial score (nSPS) is 18.7. The lowest BCUT2D eigenvalue weighted by molar-refractivity contribution is 0.107. The van der Waals surface area contributed by atoms with Crippen molar-refractivity contribution in [2.24, 2.45) is 11.3 Å². The van der Waals surface area contributed by atoms with Crippen LogP contribution in [0.3, 0.4) is 0 Å². The van der Waals surface area contributed by atoms with E-state index < -0.39 is 0 Å². The number of hydrogen-bond donors (Lipinski definition) is 1. The predicted octanol–water partition coefficient (Wildman–Crippen LogP) is 4.41. The van der Waals surface area contributed by atoms with Crippen LogP contribution in [0.15, 0.2) is 22.7 Å². The monoisotopic (exact) mass is 325 g/mol. The zero-order valence-electron chi connectivity index (χ0n) is 12.1. The van der Waals surface area contributed by atoms with Gasteiger partial charge in [-0.3, -0.25) is 4.90 Å². The molecule has 19 heavy (non-hydrogen) atoms. The summed E-state index contributed by atoms with van der Waals surface area (Å²) in [6.07, 6.45) is 2.52. The number of halogens is 1. The molecule has 0 spiro atoms. The Morgan fingerprint density at radius 3 is 2.47 bits per heavy atom. The molecule has 0 atom stereocenters. The molecule has 3 heteroatoms. The van der Waals surface area contributed by atoms with Crippen LogP contribution in [0.4, 0.5) is 0 Å². The van der Waals surface area contributed by atoms with E-state index >= 15 is 0 Å². The van der Waals surface area contributed by atoms with Crippen LogP contribution in [0.5, 0.6) is 5.75 Å². The van der Waals surface area contributed by atoms with Gasteiger partial charge in [0.05, 0.1) is 0 Å². The van der Waals surface area contributed by atoms with Crippen molar-refractivity contribution in [2.45, 2.75) is 40.2 Å². The van der Waals surface area contributed by atoms with Gasteiger partial charge in [-0.05, 0) is 55.5 Å². The van der Waals surface area contributed by atoms with Crippen LogP contribution in [0.25, 0.3) is 0 Å². The summed E-state index contributed by atoms with van der Waals surface area (Å²) in [7, 11) is 0. The molecule has 0 aliphatic carbocycles. The lowest BCUT2D eigenvalue weighted by Crippen LogP contribution is -2.37. The number of phenolic OH excluding ortho intramolecular Hbond substituents is 1. The van der Waals surface area contributed by atoms with Crippen molar-refractivity contribution < 1.29 is 5.11 Å². The quantitative estimate of drug-likeness (QED) is 0.870. The number of rotatable bonds is 2. The SMILES string of the molecule is CC(C)(C)C1CCN(Cc2cc(Br)ccc2O)CC1. The molecule has 2 rings (SSSR count). The maximum atomic E-state index is 9.90. The average Bonchev–Trinajstić information content (AvgIpc) is 2.33. The van der Waals surface area contributed by atoms with Crippen molar-refractivity contribution in [2.75, 3.05) is 13.1 Å². The zero-order chi connectivity index (χ0) is 14.0. The smallest absolute Gasteiger partial charge is 0.120 e. The van der Waals surface area contributed by atoms with Crippen LogP contribution in [-0.4, -0.2) is 23.1 Å². The van der Waals surface area contributed by atoms with Crippen LogP contribution in [-0.2, 0) is 6.54 Å². The van der Waals surface area contributed by atoms with Crippen molar-refractivity contribution in [1.29, 1.82) is 0 Å². The van der Waals surface area contributed by atoms with Crippen molar-refractivity contribution in [3.8, 4) is 5.75 Å². The number of hydrogen-bond acceptors (Lipinski definition) is 2. The van der Waals surface area contributed by atoms with Crippen molar-refractivity contribution in [3.05, 3.63) is 28.2 Å². The first-order valence-electron chi connectivity index (χ1n) is 7.06. The molecule has 0 amide bonds. The van der Waals surface area contributed by atoms with Gasteiger partial charge in [-0.1, -0.05) is 36.7 Å². The minimum Gasteiger partial charge on any atom is -0.508 e. The minimum atomic E-state index is 0.404. The molecule has 1 saturated heterocycles. The van der Waals surface area contributed by atoms with E-state index in [1.54, 1.807) is 6.07 Å². The molecular formula is C16H24BrNO. The van der Waals surface area contributed by atoms with Crippen LogP contribution in [0.2, 0.25) is 0 Å². The fourth-order valence-corrected chi connectivity index (χ4v) is 3.29. The van der Waals surface area contributed by atoms with Crippen LogP contribution < -0.4 is 0 Å². The van der Waals surface area contributed by atoms with E-state index in [1.807, 2.05) is 12.1 Å². The number of piperidine rings is 1. The molecule has 1 N–H and O–H groups in total. The van der Waals surface area contributed by atoms with E-state index in [4.69, 9.17) is 0 Å².